The fourth-order valence-electron chi connectivity index (χ4n) is 2.24. The normalized spacial score (nSPS) is 10.6. The van der Waals surface area contributed by atoms with E-state index in [0.717, 1.165) is 5.56 Å². The molecule has 0 aliphatic carbocycles. The summed E-state index contributed by atoms with van der Waals surface area (Å²) in [6, 6.07) is 11.3. The van der Waals surface area contributed by atoms with Gasteiger partial charge in [-0.3, -0.25) is 9.59 Å². The molecule has 0 unspecified atom stereocenters. The van der Waals surface area contributed by atoms with Crippen molar-refractivity contribution in [2.75, 3.05) is 13.7 Å². The molecule has 2 N–H and O–H groups in total. The van der Waals surface area contributed by atoms with E-state index < -0.39 is 11.8 Å². The van der Waals surface area contributed by atoms with Crippen molar-refractivity contribution in [1.29, 1.82) is 0 Å². The zero-order valence-corrected chi connectivity index (χ0v) is 16.7. The number of nitrogens with one attached hydrogen (secondary N) is 2. The average Bonchev–Trinajstić information content (AvgIpc) is 2.68. The molecule has 2 rings (SSSR count). The molecular formula is C20H22ClN3O4. The molecule has 0 aliphatic rings. The highest BCUT2D eigenvalue weighted by Crippen LogP contribution is 2.37. The van der Waals surface area contributed by atoms with Gasteiger partial charge >= 0.3 is 11.8 Å². The second-order valence-electron chi connectivity index (χ2n) is 5.82. The van der Waals surface area contributed by atoms with Crippen LogP contribution in [-0.4, -0.2) is 31.7 Å². The Morgan fingerprint density at radius 2 is 1.86 bits per heavy atom. The third-order valence-corrected chi connectivity index (χ3v) is 3.93. The van der Waals surface area contributed by atoms with E-state index in [1.165, 1.54) is 18.8 Å². The average molecular weight is 404 g/mol. The van der Waals surface area contributed by atoms with Crippen LogP contribution in [0.3, 0.4) is 0 Å². The van der Waals surface area contributed by atoms with E-state index in [9.17, 15) is 9.59 Å². The van der Waals surface area contributed by atoms with Crippen LogP contribution in [0.1, 0.15) is 23.6 Å². The Bertz CT molecular complexity index is 866. The number of hydrogen-bond donors (Lipinski definition) is 2. The molecule has 7 nitrogen and oxygen atoms in total. The van der Waals surface area contributed by atoms with E-state index in [1.54, 1.807) is 12.1 Å². The molecule has 2 aromatic carbocycles. The number of benzene rings is 2. The van der Waals surface area contributed by atoms with Crippen LogP contribution in [0, 0.1) is 6.92 Å². The predicted octanol–water partition coefficient (Wildman–Crippen LogP) is 2.82. The SMILES string of the molecule is CCOc1cc(/C=N\NC(=O)C(=O)NC)cc(Cl)c1OCc1ccc(C)cc1. The number of carbonyl (C=O) groups is 2. The number of ether oxygens (including phenoxy) is 2. The van der Waals surface area contributed by atoms with E-state index in [0.29, 0.717) is 35.3 Å². The van der Waals surface area contributed by atoms with Gasteiger partial charge in [0.15, 0.2) is 11.5 Å². The van der Waals surface area contributed by atoms with Crippen molar-refractivity contribution in [2.24, 2.45) is 5.10 Å². The number of aryl methyl sites for hydroxylation is 1. The first-order valence-electron chi connectivity index (χ1n) is 8.64. The van der Waals surface area contributed by atoms with Crippen LogP contribution in [0.4, 0.5) is 0 Å². The summed E-state index contributed by atoms with van der Waals surface area (Å²) in [5.74, 6) is -0.769. The Hall–Kier alpha value is -3.06. The summed E-state index contributed by atoms with van der Waals surface area (Å²) < 4.78 is 11.5. The number of halogens is 1. The van der Waals surface area contributed by atoms with Crippen LogP contribution in [0.2, 0.25) is 5.02 Å². The van der Waals surface area contributed by atoms with Gasteiger partial charge in [0.25, 0.3) is 0 Å². The fraction of sp³-hybridized carbons (Fsp3) is 0.250. The first-order valence-corrected chi connectivity index (χ1v) is 9.02. The van der Waals surface area contributed by atoms with E-state index in [1.807, 2.05) is 38.1 Å². The number of amides is 2. The Labute approximate surface area is 168 Å². The smallest absolute Gasteiger partial charge is 0.329 e. The first kappa shape index (κ1) is 21.2. The lowest BCUT2D eigenvalue weighted by atomic mass is 10.1. The summed E-state index contributed by atoms with van der Waals surface area (Å²) in [5.41, 5.74) is 4.88. The van der Waals surface area contributed by atoms with Gasteiger partial charge in [0.1, 0.15) is 6.61 Å². The number of hydrazone groups is 1. The highest BCUT2D eigenvalue weighted by molar-refractivity contribution is 6.35. The molecular weight excluding hydrogens is 382 g/mol. The van der Waals surface area contributed by atoms with Gasteiger partial charge in [-0.25, -0.2) is 5.43 Å². The molecule has 0 aromatic heterocycles. The van der Waals surface area contributed by atoms with Gasteiger partial charge < -0.3 is 14.8 Å². The topological polar surface area (TPSA) is 89.0 Å². The summed E-state index contributed by atoms with van der Waals surface area (Å²) in [4.78, 5) is 22.5. The first-order chi connectivity index (χ1) is 13.4. The van der Waals surface area contributed by atoms with Crippen molar-refractivity contribution in [1.82, 2.24) is 10.7 Å². The zero-order valence-electron chi connectivity index (χ0n) is 15.9. The monoisotopic (exact) mass is 403 g/mol. The standard InChI is InChI=1S/C20H22ClN3O4/c1-4-27-17-10-15(11-23-24-20(26)19(25)22-3)9-16(21)18(17)28-12-14-7-5-13(2)6-8-14/h5-11H,4,12H2,1-3H3,(H,22,25)(H,24,26)/b23-11-. The molecule has 0 heterocycles. The number of rotatable bonds is 7. The van der Waals surface area contributed by atoms with Crippen LogP contribution in [0.25, 0.3) is 0 Å². The Morgan fingerprint density at radius 1 is 1.14 bits per heavy atom. The molecule has 0 radical (unpaired) electrons. The Morgan fingerprint density at radius 3 is 2.50 bits per heavy atom. The molecule has 0 bridgehead atoms. The molecule has 28 heavy (non-hydrogen) atoms. The minimum absolute atomic E-state index is 0.343. The number of nitrogens with zero attached hydrogens (tertiary/aromatic N) is 1. The van der Waals surface area contributed by atoms with E-state index in [2.05, 4.69) is 15.8 Å². The highest BCUT2D eigenvalue weighted by Gasteiger charge is 2.13. The molecule has 148 valence electrons. The zero-order chi connectivity index (χ0) is 20.5. The minimum Gasteiger partial charge on any atom is -0.490 e. The van der Waals surface area contributed by atoms with Crippen molar-refractivity contribution in [3.05, 3.63) is 58.1 Å². The van der Waals surface area contributed by atoms with Gasteiger partial charge in [-0.05, 0) is 37.1 Å². The molecule has 0 spiro atoms. The maximum absolute atomic E-state index is 11.4. The molecule has 8 heteroatoms. The van der Waals surface area contributed by atoms with E-state index in [-0.39, 0.29) is 0 Å². The summed E-state index contributed by atoms with van der Waals surface area (Å²) in [6.07, 6.45) is 1.36. The minimum atomic E-state index is -0.868. The second-order valence-corrected chi connectivity index (χ2v) is 6.22. The van der Waals surface area contributed by atoms with Crippen molar-refractivity contribution in [2.45, 2.75) is 20.5 Å². The Balaban J connectivity index is 2.14. The summed E-state index contributed by atoms with van der Waals surface area (Å²) in [7, 11) is 1.36. The third kappa shape index (κ3) is 5.99. The van der Waals surface area contributed by atoms with Crippen molar-refractivity contribution in [3.8, 4) is 11.5 Å². The van der Waals surface area contributed by atoms with Gasteiger partial charge in [0, 0.05) is 7.05 Å². The molecule has 2 aromatic rings. The third-order valence-electron chi connectivity index (χ3n) is 3.65. The van der Waals surface area contributed by atoms with Gasteiger partial charge in [0.05, 0.1) is 17.8 Å². The van der Waals surface area contributed by atoms with Crippen LogP contribution < -0.4 is 20.2 Å². The van der Waals surface area contributed by atoms with Gasteiger partial charge in [0.2, 0.25) is 0 Å². The summed E-state index contributed by atoms with van der Waals surface area (Å²) >= 11 is 6.36. The number of carbonyl (C=O) groups excluding carboxylic acids is 2. The fourth-order valence-corrected chi connectivity index (χ4v) is 2.51. The van der Waals surface area contributed by atoms with Crippen LogP contribution >= 0.6 is 11.6 Å². The van der Waals surface area contributed by atoms with Gasteiger partial charge in [-0.1, -0.05) is 41.4 Å². The van der Waals surface area contributed by atoms with Gasteiger partial charge in [-0.2, -0.15) is 5.10 Å². The maximum atomic E-state index is 11.4. The van der Waals surface area contributed by atoms with Crippen molar-refractivity contribution < 1.29 is 19.1 Å². The van der Waals surface area contributed by atoms with Crippen LogP contribution in [0.15, 0.2) is 41.5 Å². The molecule has 0 atom stereocenters. The van der Waals surface area contributed by atoms with E-state index >= 15 is 0 Å². The van der Waals surface area contributed by atoms with Crippen molar-refractivity contribution >= 4 is 29.6 Å². The lowest BCUT2D eigenvalue weighted by molar-refractivity contribution is -0.138. The summed E-state index contributed by atoms with van der Waals surface area (Å²) in [5, 5.41) is 6.29. The van der Waals surface area contributed by atoms with Crippen LogP contribution in [-0.2, 0) is 16.2 Å². The van der Waals surface area contributed by atoms with E-state index in [4.69, 9.17) is 21.1 Å². The molecule has 0 saturated carbocycles. The molecule has 0 fully saturated rings. The second kappa shape index (κ2) is 10.3. The van der Waals surface area contributed by atoms with Crippen molar-refractivity contribution in [3.63, 3.8) is 0 Å². The number of likely N-dealkylation sites (N-methyl/N-ethyl adjacent to an activating group) is 1. The Kier molecular flexibility index (Phi) is 7.83. The quantitative estimate of drug-likeness (QED) is 0.422. The highest BCUT2D eigenvalue weighted by atomic mass is 35.5. The van der Waals surface area contributed by atoms with Gasteiger partial charge in [-0.15, -0.1) is 0 Å². The molecule has 0 saturated heterocycles. The lowest BCUT2D eigenvalue weighted by Gasteiger charge is -2.14. The number of hydrogen-bond acceptors (Lipinski definition) is 5. The predicted molar refractivity (Wildman–Crippen MR) is 108 cm³/mol. The lowest BCUT2D eigenvalue weighted by Crippen LogP contribution is -2.35. The maximum Gasteiger partial charge on any atom is 0.329 e. The molecule has 0 aliphatic heterocycles. The van der Waals surface area contributed by atoms with Crippen LogP contribution in [0.5, 0.6) is 11.5 Å². The molecule has 2 amide bonds. The largest absolute Gasteiger partial charge is 0.490 e. The summed E-state index contributed by atoms with van der Waals surface area (Å²) in [6.45, 7) is 4.63.